The molecule has 0 radical (unpaired) electrons. The van der Waals surface area contributed by atoms with E-state index in [4.69, 9.17) is 4.74 Å². The molecule has 1 aromatic carbocycles. The molecule has 0 bridgehead atoms. The Balaban J connectivity index is 1.91. The molecule has 0 atom stereocenters. The molecule has 2 heterocycles. The Hall–Kier alpha value is -2.60. The Labute approximate surface area is 156 Å². The molecule has 0 aliphatic rings. The van der Waals surface area contributed by atoms with Gasteiger partial charge in [0.1, 0.15) is 5.75 Å². The molecule has 1 N–H and O–H groups in total. The Morgan fingerprint density at radius 2 is 2.12 bits per heavy atom. The number of rotatable bonds is 6. The summed E-state index contributed by atoms with van der Waals surface area (Å²) in [4.78, 5) is 26.4. The van der Waals surface area contributed by atoms with E-state index in [2.05, 4.69) is 5.32 Å². The molecule has 1 amide bonds. The number of nitrogens with zero attached hydrogens (tertiary/aromatic N) is 1. The van der Waals surface area contributed by atoms with Gasteiger partial charge in [0.15, 0.2) is 0 Å². The van der Waals surface area contributed by atoms with Crippen LogP contribution in [0.5, 0.6) is 5.75 Å². The van der Waals surface area contributed by atoms with Crippen molar-refractivity contribution in [3.8, 4) is 5.75 Å². The first kappa shape index (κ1) is 18.2. The zero-order valence-corrected chi connectivity index (χ0v) is 16.0. The second-order valence-electron chi connectivity index (χ2n) is 6.12. The minimum absolute atomic E-state index is 0.0970. The first-order valence-corrected chi connectivity index (χ1v) is 9.40. The number of fused-ring (bicyclic) bond motifs is 1. The smallest absolute Gasteiger partial charge is 0.260 e. The van der Waals surface area contributed by atoms with Crippen LogP contribution < -0.4 is 15.6 Å². The fourth-order valence-corrected chi connectivity index (χ4v) is 4.06. The summed E-state index contributed by atoms with van der Waals surface area (Å²) < 4.78 is 7.73. The molecule has 0 saturated heterocycles. The average molecular weight is 370 g/mol. The van der Waals surface area contributed by atoms with Gasteiger partial charge in [0, 0.05) is 28.9 Å². The second kappa shape index (κ2) is 7.74. The van der Waals surface area contributed by atoms with Crippen molar-refractivity contribution in [2.75, 3.05) is 7.11 Å². The SMILES string of the molecule is CCCn1ccc2sc(C)c(C(=O)NCc3cccc(OC)c3)c2c1=O. The van der Waals surface area contributed by atoms with Crippen molar-refractivity contribution in [1.82, 2.24) is 9.88 Å². The number of methoxy groups -OCH3 is 1. The van der Waals surface area contributed by atoms with E-state index in [0.29, 0.717) is 24.0 Å². The van der Waals surface area contributed by atoms with E-state index in [0.717, 1.165) is 27.3 Å². The third kappa shape index (κ3) is 3.51. The minimum atomic E-state index is -0.220. The molecular formula is C20H22N2O3S. The minimum Gasteiger partial charge on any atom is -0.497 e. The highest BCUT2D eigenvalue weighted by Crippen LogP contribution is 2.28. The molecule has 0 saturated carbocycles. The van der Waals surface area contributed by atoms with Gasteiger partial charge in [-0.15, -0.1) is 11.3 Å². The molecule has 0 fully saturated rings. The molecule has 0 aliphatic heterocycles. The average Bonchev–Trinajstić information content (AvgIpc) is 2.99. The highest BCUT2D eigenvalue weighted by atomic mass is 32.1. The van der Waals surface area contributed by atoms with E-state index in [9.17, 15) is 9.59 Å². The van der Waals surface area contributed by atoms with Crippen molar-refractivity contribution < 1.29 is 9.53 Å². The number of hydrogen-bond acceptors (Lipinski definition) is 4. The maximum atomic E-state index is 12.8. The summed E-state index contributed by atoms with van der Waals surface area (Å²) in [5.41, 5.74) is 1.34. The molecule has 2 aromatic heterocycles. The molecule has 136 valence electrons. The van der Waals surface area contributed by atoms with Gasteiger partial charge in [0.05, 0.1) is 18.1 Å². The monoisotopic (exact) mass is 370 g/mol. The lowest BCUT2D eigenvalue weighted by Gasteiger charge is -2.08. The zero-order valence-electron chi connectivity index (χ0n) is 15.2. The number of amides is 1. The largest absolute Gasteiger partial charge is 0.497 e. The van der Waals surface area contributed by atoms with Crippen LogP contribution in [0, 0.1) is 6.92 Å². The molecule has 3 rings (SSSR count). The Morgan fingerprint density at radius 3 is 2.85 bits per heavy atom. The van der Waals surface area contributed by atoms with E-state index in [1.807, 2.05) is 50.4 Å². The number of carbonyl (C=O) groups is 1. The van der Waals surface area contributed by atoms with Gasteiger partial charge < -0.3 is 14.6 Å². The maximum Gasteiger partial charge on any atom is 0.260 e. The van der Waals surface area contributed by atoms with Gasteiger partial charge in [0.25, 0.3) is 11.5 Å². The number of aromatic nitrogens is 1. The number of carbonyl (C=O) groups excluding carboxylic acids is 1. The quantitative estimate of drug-likeness (QED) is 0.719. The second-order valence-corrected chi connectivity index (χ2v) is 7.38. The van der Waals surface area contributed by atoms with Gasteiger partial charge in [0.2, 0.25) is 0 Å². The van der Waals surface area contributed by atoms with Gasteiger partial charge in [-0.3, -0.25) is 9.59 Å². The molecular weight excluding hydrogens is 348 g/mol. The van der Waals surface area contributed by atoms with Crippen LogP contribution in [0.4, 0.5) is 0 Å². The van der Waals surface area contributed by atoms with Crippen LogP contribution in [0.25, 0.3) is 10.1 Å². The van der Waals surface area contributed by atoms with Crippen molar-refractivity contribution in [1.29, 1.82) is 0 Å². The Kier molecular flexibility index (Phi) is 5.42. The van der Waals surface area contributed by atoms with Crippen LogP contribution in [0.2, 0.25) is 0 Å². The molecule has 3 aromatic rings. The summed E-state index contributed by atoms with van der Waals surface area (Å²) in [5, 5.41) is 3.45. The van der Waals surface area contributed by atoms with Crippen molar-refractivity contribution in [2.45, 2.75) is 33.4 Å². The first-order valence-electron chi connectivity index (χ1n) is 8.58. The van der Waals surface area contributed by atoms with Crippen molar-refractivity contribution in [3.05, 3.63) is 62.9 Å². The summed E-state index contributed by atoms with van der Waals surface area (Å²) in [6.45, 7) is 4.93. The van der Waals surface area contributed by atoms with E-state index >= 15 is 0 Å². The van der Waals surface area contributed by atoms with Crippen LogP contribution in [0.1, 0.15) is 34.1 Å². The van der Waals surface area contributed by atoms with Gasteiger partial charge in [-0.05, 0) is 37.1 Å². The predicted octanol–water partition coefficient (Wildman–Crippen LogP) is 3.72. The number of hydrogen-bond donors (Lipinski definition) is 1. The lowest BCUT2D eigenvalue weighted by Crippen LogP contribution is -2.26. The number of benzene rings is 1. The summed E-state index contributed by atoms with van der Waals surface area (Å²) in [5.74, 6) is 0.527. The van der Waals surface area contributed by atoms with Gasteiger partial charge in [-0.2, -0.15) is 0 Å². The number of ether oxygens (including phenoxy) is 1. The van der Waals surface area contributed by atoms with Crippen molar-refractivity contribution in [2.24, 2.45) is 0 Å². The predicted molar refractivity (Wildman–Crippen MR) is 105 cm³/mol. The normalized spacial score (nSPS) is 10.9. The van der Waals surface area contributed by atoms with Crippen LogP contribution >= 0.6 is 11.3 Å². The standard InChI is InChI=1S/C20H22N2O3S/c1-4-9-22-10-8-16-18(20(22)24)17(13(2)26-16)19(23)21-12-14-6-5-7-15(11-14)25-3/h5-8,10-11H,4,9,12H2,1-3H3,(H,21,23). The van der Waals surface area contributed by atoms with Crippen LogP contribution in [-0.4, -0.2) is 17.6 Å². The summed E-state index contributed by atoms with van der Waals surface area (Å²) >= 11 is 1.48. The maximum absolute atomic E-state index is 12.8. The molecule has 26 heavy (non-hydrogen) atoms. The molecule has 0 aliphatic carbocycles. The van der Waals surface area contributed by atoms with Gasteiger partial charge >= 0.3 is 0 Å². The summed E-state index contributed by atoms with van der Waals surface area (Å²) in [6, 6.07) is 9.47. The molecule has 5 nitrogen and oxygen atoms in total. The topological polar surface area (TPSA) is 60.3 Å². The van der Waals surface area contributed by atoms with Crippen LogP contribution in [0.3, 0.4) is 0 Å². The van der Waals surface area contributed by atoms with Crippen LogP contribution in [-0.2, 0) is 13.1 Å². The van der Waals surface area contributed by atoms with E-state index in [1.165, 1.54) is 11.3 Å². The van der Waals surface area contributed by atoms with Crippen molar-refractivity contribution >= 4 is 27.3 Å². The van der Waals surface area contributed by atoms with Gasteiger partial charge in [-0.1, -0.05) is 19.1 Å². The van der Waals surface area contributed by atoms with Crippen LogP contribution in [0.15, 0.2) is 41.3 Å². The number of aryl methyl sites for hydroxylation is 2. The highest BCUT2D eigenvalue weighted by Gasteiger charge is 2.19. The number of pyridine rings is 1. The molecule has 0 unspecified atom stereocenters. The lowest BCUT2D eigenvalue weighted by molar-refractivity contribution is 0.0952. The van der Waals surface area contributed by atoms with E-state index in [1.54, 1.807) is 11.7 Å². The van der Waals surface area contributed by atoms with E-state index < -0.39 is 0 Å². The third-order valence-corrected chi connectivity index (χ3v) is 5.34. The number of nitrogens with one attached hydrogen (secondary N) is 1. The third-order valence-electron chi connectivity index (χ3n) is 4.27. The Bertz CT molecular complexity index is 1000. The Morgan fingerprint density at radius 1 is 1.31 bits per heavy atom. The van der Waals surface area contributed by atoms with Crippen molar-refractivity contribution in [3.63, 3.8) is 0 Å². The number of thiophene rings is 1. The zero-order chi connectivity index (χ0) is 18.7. The fourth-order valence-electron chi connectivity index (χ4n) is 3.01. The van der Waals surface area contributed by atoms with E-state index in [-0.39, 0.29) is 11.5 Å². The summed E-state index contributed by atoms with van der Waals surface area (Å²) in [6.07, 6.45) is 2.67. The molecule has 0 spiro atoms. The molecule has 6 heteroatoms. The van der Waals surface area contributed by atoms with Gasteiger partial charge in [-0.25, -0.2) is 0 Å². The summed E-state index contributed by atoms with van der Waals surface area (Å²) in [7, 11) is 1.61. The lowest BCUT2D eigenvalue weighted by atomic mass is 10.1. The highest BCUT2D eigenvalue weighted by molar-refractivity contribution is 7.19. The fraction of sp³-hybridized carbons (Fsp3) is 0.300. The first-order chi connectivity index (χ1) is 12.5.